The highest BCUT2D eigenvalue weighted by atomic mass is 16.5. The molecule has 6 nitrogen and oxygen atoms in total. The lowest BCUT2D eigenvalue weighted by molar-refractivity contribution is 0.0511. The Balaban J connectivity index is 1.86. The number of carbonyl (C=O) groups is 1. The number of fused-ring (bicyclic) bond motifs is 1. The maximum absolute atomic E-state index is 12.4. The van der Waals surface area contributed by atoms with Crippen molar-refractivity contribution in [3.05, 3.63) is 62.6 Å². The van der Waals surface area contributed by atoms with E-state index >= 15 is 0 Å². The summed E-state index contributed by atoms with van der Waals surface area (Å²) in [5.74, 6) is -0.684. The van der Waals surface area contributed by atoms with Gasteiger partial charge in [-0.05, 0) is 30.9 Å². The minimum atomic E-state index is -0.622. The van der Waals surface area contributed by atoms with E-state index in [9.17, 15) is 9.59 Å². The number of nitrogens with one attached hydrogen (secondary N) is 1. The molecule has 0 amide bonds. The first-order valence-electron chi connectivity index (χ1n) is 8.30. The highest BCUT2D eigenvalue weighted by molar-refractivity contribution is 5.85. The van der Waals surface area contributed by atoms with E-state index in [0.717, 1.165) is 24.0 Å². The van der Waals surface area contributed by atoms with Crippen molar-refractivity contribution >= 4 is 17.6 Å². The molecule has 0 atom stereocenters. The third-order valence-electron chi connectivity index (χ3n) is 3.94. The van der Waals surface area contributed by atoms with Gasteiger partial charge in [0.15, 0.2) is 0 Å². The van der Waals surface area contributed by atoms with Crippen LogP contribution in [-0.2, 0) is 16.1 Å². The average molecular weight is 340 g/mol. The molecule has 0 aliphatic heterocycles. The molecule has 1 aliphatic carbocycles. The normalized spacial score (nSPS) is 13.1. The van der Waals surface area contributed by atoms with Crippen molar-refractivity contribution in [1.29, 1.82) is 0 Å². The number of esters is 1. The molecule has 1 heterocycles. The fourth-order valence-corrected chi connectivity index (χ4v) is 2.79. The maximum Gasteiger partial charge on any atom is 0.374 e. The minimum absolute atomic E-state index is 0.0618. The summed E-state index contributed by atoms with van der Waals surface area (Å²) < 4.78 is 10.7. The Kier molecular flexibility index (Phi) is 5.40. The summed E-state index contributed by atoms with van der Waals surface area (Å²) in [7, 11) is 0. The highest BCUT2D eigenvalue weighted by Gasteiger charge is 2.14. The van der Waals surface area contributed by atoms with E-state index in [1.54, 1.807) is 6.92 Å². The third-order valence-corrected chi connectivity index (χ3v) is 3.94. The number of carbonyl (C=O) groups excluding carboxylic acids is 1. The van der Waals surface area contributed by atoms with Gasteiger partial charge in [-0.1, -0.05) is 36.4 Å². The summed E-state index contributed by atoms with van der Waals surface area (Å²) in [4.78, 5) is 31.0. The van der Waals surface area contributed by atoms with Gasteiger partial charge in [0.05, 0.1) is 30.4 Å². The molecule has 0 saturated heterocycles. The molecule has 0 spiro atoms. The van der Waals surface area contributed by atoms with Gasteiger partial charge in [-0.15, -0.1) is 0 Å². The van der Waals surface area contributed by atoms with E-state index < -0.39 is 5.97 Å². The molecule has 0 radical (unpaired) electrons. The summed E-state index contributed by atoms with van der Waals surface area (Å²) in [6.45, 7) is 2.78. The Morgan fingerprint density at radius 2 is 2.04 bits per heavy atom. The number of ether oxygens (including phenoxy) is 2. The number of rotatable bonds is 6. The first-order valence-corrected chi connectivity index (χ1v) is 8.30. The summed E-state index contributed by atoms with van der Waals surface area (Å²) in [6, 6.07) is 9.86. The fraction of sp³-hybridized carbons (Fsp3) is 0.316. The van der Waals surface area contributed by atoms with Gasteiger partial charge in [0.1, 0.15) is 0 Å². The molecule has 1 N–H and O–H groups in total. The first-order chi connectivity index (χ1) is 12.2. The zero-order valence-electron chi connectivity index (χ0n) is 14.1. The smallest absolute Gasteiger partial charge is 0.374 e. The summed E-state index contributed by atoms with van der Waals surface area (Å²) in [5, 5.41) is 1.03. The monoisotopic (exact) mass is 340 g/mol. The Morgan fingerprint density at radius 3 is 2.80 bits per heavy atom. The lowest BCUT2D eigenvalue weighted by Crippen LogP contribution is -2.48. The van der Waals surface area contributed by atoms with Crippen LogP contribution >= 0.6 is 0 Å². The number of benzene rings is 1. The molecule has 0 fully saturated rings. The molecule has 0 unspecified atom stereocenters. The van der Waals surface area contributed by atoms with E-state index in [-0.39, 0.29) is 18.0 Å². The van der Waals surface area contributed by atoms with Gasteiger partial charge in [0, 0.05) is 0 Å². The number of aromatic amines is 1. The maximum atomic E-state index is 12.4. The molecule has 6 heteroatoms. The SMILES string of the molecule is CCOC(=O)c1nc2c(c(=O)[nH]1)=C(COCc1ccccc1)CCC=2. The Bertz CT molecular complexity index is 932. The summed E-state index contributed by atoms with van der Waals surface area (Å²) in [6.07, 6.45) is 3.37. The largest absolute Gasteiger partial charge is 0.460 e. The molecular weight excluding hydrogens is 320 g/mol. The van der Waals surface area contributed by atoms with Crippen LogP contribution in [0.1, 0.15) is 35.9 Å². The lowest BCUT2D eigenvalue weighted by atomic mass is 10.0. The summed E-state index contributed by atoms with van der Waals surface area (Å²) in [5.41, 5.74) is 1.65. The van der Waals surface area contributed by atoms with Crippen LogP contribution < -0.4 is 16.1 Å². The molecule has 25 heavy (non-hydrogen) atoms. The van der Waals surface area contributed by atoms with Gasteiger partial charge in [-0.2, -0.15) is 0 Å². The standard InChI is InChI=1S/C19H20N2O4/c1-2-25-19(23)17-20-15-10-6-9-14(16(15)18(22)21-17)12-24-11-13-7-4-3-5-8-13/h3-5,7-8,10H,2,6,9,11-12H2,1H3,(H,20,21,22). The van der Waals surface area contributed by atoms with Crippen LogP contribution in [0.5, 0.6) is 0 Å². The van der Waals surface area contributed by atoms with Crippen molar-refractivity contribution in [3.63, 3.8) is 0 Å². The second-order valence-electron chi connectivity index (χ2n) is 5.72. The summed E-state index contributed by atoms with van der Waals surface area (Å²) >= 11 is 0. The lowest BCUT2D eigenvalue weighted by Gasteiger charge is -2.11. The van der Waals surface area contributed by atoms with Crippen molar-refractivity contribution in [2.45, 2.75) is 26.4 Å². The van der Waals surface area contributed by atoms with Crippen LogP contribution in [0.2, 0.25) is 0 Å². The molecule has 1 aliphatic rings. The molecule has 130 valence electrons. The van der Waals surface area contributed by atoms with Crippen molar-refractivity contribution in [2.75, 3.05) is 13.2 Å². The molecule has 2 aromatic rings. The quantitative estimate of drug-likeness (QED) is 0.790. The van der Waals surface area contributed by atoms with Crippen LogP contribution in [0, 0.1) is 0 Å². The average Bonchev–Trinajstić information content (AvgIpc) is 2.62. The van der Waals surface area contributed by atoms with Crippen molar-refractivity contribution in [1.82, 2.24) is 9.97 Å². The predicted molar refractivity (Wildman–Crippen MR) is 93.3 cm³/mol. The second kappa shape index (κ2) is 7.90. The van der Waals surface area contributed by atoms with Crippen molar-refractivity contribution in [2.24, 2.45) is 0 Å². The van der Waals surface area contributed by atoms with Gasteiger partial charge in [-0.25, -0.2) is 9.78 Å². The second-order valence-corrected chi connectivity index (χ2v) is 5.72. The van der Waals surface area contributed by atoms with Gasteiger partial charge in [0.25, 0.3) is 5.56 Å². The van der Waals surface area contributed by atoms with Crippen LogP contribution in [0.15, 0.2) is 35.1 Å². The highest BCUT2D eigenvalue weighted by Crippen LogP contribution is 2.09. The third kappa shape index (κ3) is 4.03. The van der Waals surface area contributed by atoms with E-state index in [1.807, 2.05) is 36.4 Å². The molecule has 3 rings (SSSR count). The number of hydrogen-bond acceptors (Lipinski definition) is 5. The van der Waals surface area contributed by atoms with Gasteiger partial charge < -0.3 is 14.5 Å². The minimum Gasteiger partial charge on any atom is -0.460 e. The van der Waals surface area contributed by atoms with Crippen molar-refractivity contribution < 1.29 is 14.3 Å². The van der Waals surface area contributed by atoms with E-state index in [4.69, 9.17) is 9.47 Å². The van der Waals surface area contributed by atoms with Gasteiger partial charge in [0.2, 0.25) is 5.82 Å². The number of nitrogens with zero attached hydrogens (tertiary/aromatic N) is 1. The van der Waals surface area contributed by atoms with Crippen molar-refractivity contribution in [3.8, 4) is 0 Å². The molecule has 1 aromatic carbocycles. The van der Waals surface area contributed by atoms with Gasteiger partial charge >= 0.3 is 5.97 Å². The Morgan fingerprint density at radius 1 is 1.24 bits per heavy atom. The molecule has 0 saturated carbocycles. The van der Waals surface area contributed by atoms with E-state index in [2.05, 4.69) is 9.97 Å². The first kappa shape index (κ1) is 17.1. The van der Waals surface area contributed by atoms with Crippen LogP contribution in [0.3, 0.4) is 0 Å². The molecule has 1 aromatic heterocycles. The van der Waals surface area contributed by atoms with Crippen LogP contribution in [0.25, 0.3) is 11.6 Å². The topological polar surface area (TPSA) is 81.3 Å². The van der Waals surface area contributed by atoms with Crippen LogP contribution in [-0.4, -0.2) is 29.2 Å². The fourth-order valence-electron chi connectivity index (χ4n) is 2.79. The zero-order chi connectivity index (χ0) is 17.6. The number of aromatic nitrogens is 2. The van der Waals surface area contributed by atoms with E-state index in [0.29, 0.717) is 23.8 Å². The molecule has 0 bridgehead atoms. The predicted octanol–water partition coefficient (Wildman–Crippen LogP) is 0.888. The van der Waals surface area contributed by atoms with E-state index in [1.165, 1.54) is 0 Å². The Hall–Kier alpha value is -2.73. The van der Waals surface area contributed by atoms with Crippen LogP contribution in [0.4, 0.5) is 0 Å². The number of hydrogen-bond donors (Lipinski definition) is 1. The molecular formula is C19H20N2O4. The van der Waals surface area contributed by atoms with Gasteiger partial charge in [-0.3, -0.25) is 4.79 Å². The zero-order valence-corrected chi connectivity index (χ0v) is 14.1. The number of H-pyrrole nitrogens is 1. The Labute approximate surface area is 144 Å².